The van der Waals surface area contributed by atoms with Crippen molar-refractivity contribution in [1.29, 1.82) is 0 Å². The van der Waals surface area contributed by atoms with Gasteiger partial charge in [0.15, 0.2) is 0 Å². The number of methoxy groups -OCH3 is 2. The minimum Gasteiger partial charge on any atom is -0.373 e. The summed E-state index contributed by atoms with van der Waals surface area (Å²) in [5, 5.41) is 0. The summed E-state index contributed by atoms with van der Waals surface area (Å²) < 4.78 is 22.2. The third kappa shape index (κ3) is 1.00. The van der Waals surface area contributed by atoms with Gasteiger partial charge in [0.1, 0.15) is 18.3 Å². The van der Waals surface area contributed by atoms with Crippen LogP contribution >= 0.6 is 0 Å². The molecule has 0 N–H and O–H groups in total. The molecule has 2 heterocycles. The van der Waals surface area contributed by atoms with Gasteiger partial charge in [0.2, 0.25) is 5.79 Å². The zero-order valence-electron chi connectivity index (χ0n) is 8.44. The molecule has 2 rings (SSSR count). The van der Waals surface area contributed by atoms with E-state index >= 15 is 0 Å². The van der Waals surface area contributed by atoms with Crippen LogP contribution in [0.1, 0.15) is 13.8 Å². The van der Waals surface area contributed by atoms with Crippen molar-refractivity contribution in [2.24, 2.45) is 0 Å². The van der Waals surface area contributed by atoms with Gasteiger partial charge in [-0.25, -0.2) is 0 Å². The summed E-state index contributed by atoms with van der Waals surface area (Å²) in [5.41, 5.74) is 0. The summed E-state index contributed by atoms with van der Waals surface area (Å²) >= 11 is 0. The van der Waals surface area contributed by atoms with Crippen LogP contribution in [-0.4, -0.2) is 44.4 Å². The summed E-state index contributed by atoms with van der Waals surface area (Å²) in [7, 11) is 3.29. The van der Waals surface area contributed by atoms with E-state index in [0.29, 0.717) is 0 Å². The van der Waals surface area contributed by atoms with E-state index in [1.54, 1.807) is 14.2 Å². The van der Waals surface area contributed by atoms with Gasteiger partial charge in [0.25, 0.3) is 0 Å². The van der Waals surface area contributed by atoms with Crippen molar-refractivity contribution in [3.05, 3.63) is 0 Å². The largest absolute Gasteiger partial charge is 0.373 e. The van der Waals surface area contributed by atoms with Crippen molar-refractivity contribution >= 4 is 0 Å². The predicted molar refractivity (Wildman–Crippen MR) is 45.4 cm³/mol. The first kappa shape index (κ1) is 9.40. The molecule has 2 aliphatic rings. The first-order valence-corrected chi connectivity index (χ1v) is 4.57. The fourth-order valence-corrected chi connectivity index (χ4v) is 2.37. The molecule has 4 nitrogen and oxygen atoms in total. The Kier molecular flexibility index (Phi) is 2.11. The zero-order chi connectivity index (χ0) is 9.64. The van der Waals surface area contributed by atoms with E-state index in [0.717, 1.165) is 0 Å². The molecule has 2 fully saturated rings. The molecule has 4 heteroatoms. The van der Waals surface area contributed by atoms with Crippen LogP contribution < -0.4 is 0 Å². The monoisotopic (exact) mass is 188 g/mol. The molecule has 13 heavy (non-hydrogen) atoms. The van der Waals surface area contributed by atoms with E-state index in [-0.39, 0.29) is 24.4 Å². The van der Waals surface area contributed by atoms with E-state index in [1.165, 1.54) is 0 Å². The molecule has 0 spiro atoms. The molecule has 0 aromatic rings. The molecule has 76 valence electrons. The maximum Gasteiger partial charge on any atom is 0.224 e. The van der Waals surface area contributed by atoms with Crippen LogP contribution in [0.3, 0.4) is 0 Å². The standard InChI is InChI=1S/C9H16O4/c1-5-7-8(10-3)9(11-4,13-5)6(2)12-7/h5-8H,1-4H3. The van der Waals surface area contributed by atoms with Gasteiger partial charge in [-0.3, -0.25) is 0 Å². The Balaban J connectivity index is 2.29. The molecule has 0 radical (unpaired) electrons. The van der Waals surface area contributed by atoms with E-state index in [1.807, 2.05) is 13.8 Å². The molecule has 0 saturated carbocycles. The van der Waals surface area contributed by atoms with Crippen LogP contribution in [0.5, 0.6) is 0 Å². The van der Waals surface area contributed by atoms with Crippen molar-refractivity contribution in [2.45, 2.75) is 44.1 Å². The molecule has 5 unspecified atom stereocenters. The van der Waals surface area contributed by atoms with Gasteiger partial charge in [0.05, 0.1) is 6.10 Å². The molecule has 2 bridgehead atoms. The minimum absolute atomic E-state index is 0.0000463. The lowest BCUT2D eigenvalue weighted by Gasteiger charge is -2.33. The smallest absolute Gasteiger partial charge is 0.224 e. The first-order valence-electron chi connectivity index (χ1n) is 4.57. The topological polar surface area (TPSA) is 36.9 Å². The Morgan fingerprint density at radius 2 is 1.92 bits per heavy atom. The highest BCUT2D eigenvalue weighted by atomic mass is 16.8. The van der Waals surface area contributed by atoms with Crippen LogP contribution in [-0.2, 0) is 18.9 Å². The summed E-state index contributed by atoms with van der Waals surface area (Å²) in [4.78, 5) is 0. The van der Waals surface area contributed by atoms with Crippen LogP contribution in [0.4, 0.5) is 0 Å². The van der Waals surface area contributed by atoms with Crippen molar-refractivity contribution in [2.75, 3.05) is 14.2 Å². The highest BCUT2D eigenvalue weighted by Gasteiger charge is 2.65. The zero-order valence-corrected chi connectivity index (χ0v) is 8.44. The van der Waals surface area contributed by atoms with E-state index < -0.39 is 5.79 Å². The van der Waals surface area contributed by atoms with Gasteiger partial charge >= 0.3 is 0 Å². The van der Waals surface area contributed by atoms with Gasteiger partial charge in [-0.1, -0.05) is 0 Å². The van der Waals surface area contributed by atoms with Gasteiger partial charge in [-0.05, 0) is 13.8 Å². The molecule has 5 atom stereocenters. The number of rotatable bonds is 2. The Bertz CT molecular complexity index is 208. The molecule has 2 aliphatic heterocycles. The van der Waals surface area contributed by atoms with Crippen LogP contribution in [0, 0.1) is 0 Å². The Morgan fingerprint density at radius 1 is 1.23 bits per heavy atom. The number of hydrogen-bond acceptors (Lipinski definition) is 4. The molecule has 0 aliphatic carbocycles. The molecule has 0 aromatic carbocycles. The Morgan fingerprint density at radius 3 is 2.38 bits per heavy atom. The molecular weight excluding hydrogens is 172 g/mol. The fraction of sp³-hybridized carbons (Fsp3) is 1.00. The molecular formula is C9H16O4. The summed E-state index contributed by atoms with van der Waals surface area (Å²) in [6.45, 7) is 3.92. The number of hydrogen-bond donors (Lipinski definition) is 0. The van der Waals surface area contributed by atoms with Crippen LogP contribution in [0.25, 0.3) is 0 Å². The summed E-state index contributed by atoms with van der Waals surface area (Å²) in [6.07, 6.45) is -0.132. The van der Waals surface area contributed by atoms with E-state index in [2.05, 4.69) is 0 Å². The van der Waals surface area contributed by atoms with Crippen molar-refractivity contribution in [1.82, 2.24) is 0 Å². The van der Waals surface area contributed by atoms with Gasteiger partial charge in [-0.2, -0.15) is 0 Å². The maximum absolute atomic E-state index is 5.74. The van der Waals surface area contributed by atoms with Crippen molar-refractivity contribution < 1.29 is 18.9 Å². The quantitative estimate of drug-likeness (QED) is 0.634. The van der Waals surface area contributed by atoms with Gasteiger partial charge in [-0.15, -0.1) is 0 Å². The second-order valence-electron chi connectivity index (χ2n) is 3.65. The SMILES string of the molecule is COC1C2OC(C)C1(OC)OC2C. The van der Waals surface area contributed by atoms with Crippen LogP contribution in [0.2, 0.25) is 0 Å². The lowest BCUT2D eigenvalue weighted by Crippen LogP contribution is -2.48. The highest BCUT2D eigenvalue weighted by molar-refractivity contribution is 5.06. The first-order chi connectivity index (χ1) is 6.15. The Labute approximate surface area is 78.1 Å². The summed E-state index contributed by atoms with van der Waals surface area (Å²) in [5.74, 6) is -0.696. The maximum atomic E-state index is 5.74. The van der Waals surface area contributed by atoms with E-state index in [9.17, 15) is 0 Å². The van der Waals surface area contributed by atoms with Gasteiger partial charge < -0.3 is 18.9 Å². The second kappa shape index (κ2) is 2.92. The number of ether oxygens (including phenoxy) is 4. The third-order valence-corrected chi connectivity index (χ3v) is 3.03. The third-order valence-electron chi connectivity index (χ3n) is 3.03. The van der Waals surface area contributed by atoms with Crippen LogP contribution in [0.15, 0.2) is 0 Å². The number of fused-ring (bicyclic) bond motifs is 2. The fourth-order valence-electron chi connectivity index (χ4n) is 2.37. The molecule has 2 saturated heterocycles. The molecule has 0 aromatic heterocycles. The normalized spacial score (nSPS) is 54.5. The van der Waals surface area contributed by atoms with Gasteiger partial charge in [0, 0.05) is 14.2 Å². The second-order valence-corrected chi connectivity index (χ2v) is 3.65. The lowest BCUT2D eigenvalue weighted by atomic mass is 10.1. The lowest BCUT2D eigenvalue weighted by molar-refractivity contribution is -0.290. The van der Waals surface area contributed by atoms with Crippen molar-refractivity contribution in [3.8, 4) is 0 Å². The minimum atomic E-state index is -0.696. The highest BCUT2D eigenvalue weighted by Crippen LogP contribution is 2.45. The predicted octanol–water partition coefficient (Wildman–Crippen LogP) is 0.550. The average molecular weight is 188 g/mol. The summed E-state index contributed by atoms with van der Waals surface area (Å²) in [6, 6.07) is 0. The molecule has 0 amide bonds. The average Bonchev–Trinajstić information content (AvgIpc) is 2.54. The van der Waals surface area contributed by atoms with Crippen molar-refractivity contribution in [3.63, 3.8) is 0 Å². The Hall–Kier alpha value is -0.160. The van der Waals surface area contributed by atoms with E-state index in [4.69, 9.17) is 18.9 Å².